The zero-order valence-electron chi connectivity index (χ0n) is 24.5. The van der Waals surface area contributed by atoms with Gasteiger partial charge in [-0.2, -0.15) is 0 Å². The Morgan fingerprint density at radius 2 is 1.49 bits per heavy atom. The van der Waals surface area contributed by atoms with Gasteiger partial charge < -0.3 is 10.2 Å². The molecule has 0 unspecified atom stereocenters. The van der Waals surface area contributed by atoms with Crippen LogP contribution in [0.2, 0.25) is 0 Å². The summed E-state index contributed by atoms with van der Waals surface area (Å²) in [7, 11) is -4.13. The second-order valence-electron chi connectivity index (χ2n) is 10.4. The summed E-state index contributed by atoms with van der Waals surface area (Å²) >= 11 is 3.45. The third-order valence-corrected chi connectivity index (χ3v) is 9.38. The smallest absolute Gasteiger partial charge is 0.264 e. The number of nitrogens with zero attached hydrogens (tertiary/aromatic N) is 2. The van der Waals surface area contributed by atoms with E-state index in [9.17, 15) is 18.0 Å². The van der Waals surface area contributed by atoms with Crippen molar-refractivity contribution in [2.75, 3.05) is 17.4 Å². The molecule has 7 nitrogen and oxygen atoms in total. The molecule has 0 bridgehead atoms. The average Bonchev–Trinajstić information content (AvgIpc) is 2.99. The Morgan fingerprint density at radius 3 is 2.12 bits per heavy atom. The second kappa shape index (κ2) is 14.5. The summed E-state index contributed by atoms with van der Waals surface area (Å²) in [4.78, 5) is 29.5. The number of hydrogen-bond donors (Lipinski definition) is 1. The number of anilines is 1. The number of hydrogen-bond acceptors (Lipinski definition) is 4. The molecule has 43 heavy (non-hydrogen) atoms. The standard InChI is InChI=1S/C34H36BrN3O4S/c1-4-36-34(40)32(22-27-10-6-5-7-11-27)37(23-28-15-17-29(35)18-16-28)33(39)24-38(30-12-8-9-26(3)21-30)43(41,42)31-19-13-25(2)14-20-31/h5-21,32H,4,22-24H2,1-3H3,(H,36,40)/t32-/m0/s1. The number of rotatable bonds is 12. The maximum absolute atomic E-state index is 14.4. The molecular formula is C34H36BrN3O4S. The van der Waals surface area contributed by atoms with Crippen LogP contribution in [0.5, 0.6) is 0 Å². The Labute approximate surface area is 262 Å². The maximum Gasteiger partial charge on any atom is 0.264 e. The highest BCUT2D eigenvalue weighted by molar-refractivity contribution is 9.10. The number of carbonyl (C=O) groups is 2. The highest BCUT2D eigenvalue weighted by atomic mass is 79.9. The second-order valence-corrected chi connectivity index (χ2v) is 13.2. The van der Waals surface area contributed by atoms with Crippen LogP contribution in [0.15, 0.2) is 112 Å². The van der Waals surface area contributed by atoms with E-state index in [-0.39, 0.29) is 23.8 Å². The van der Waals surface area contributed by atoms with Crippen molar-refractivity contribution in [1.82, 2.24) is 10.2 Å². The number of amides is 2. The fourth-order valence-corrected chi connectivity index (χ4v) is 6.45. The van der Waals surface area contributed by atoms with Crippen molar-refractivity contribution in [2.45, 2.75) is 44.7 Å². The molecule has 0 aliphatic rings. The van der Waals surface area contributed by atoms with E-state index in [1.165, 1.54) is 4.90 Å². The van der Waals surface area contributed by atoms with Gasteiger partial charge in [-0.25, -0.2) is 8.42 Å². The van der Waals surface area contributed by atoms with Gasteiger partial charge in [0.2, 0.25) is 11.8 Å². The van der Waals surface area contributed by atoms with Crippen LogP contribution in [0, 0.1) is 13.8 Å². The topological polar surface area (TPSA) is 86.8 Å². The third-order valence-electron chi connectivity index (χ3n) is 7.07. The molecule has 0 fully saturated rings. The van der Waals surface area contributed by atoms with Crippen LogP contribution in [-0.4, -0.2) is 44.3 Å². The summed E-state index contributed by atoms with van der Waals surface area (Å²) in [5.74, 6) is -0.799. The van der Waals surface area contributed by atoms with Crippen molar-refractivity contribution < 1.29 is 18.0 Å². The Morgan fingerprint density at radius 1 is 0.814 bits per heavy atom. The Bertz CT molecular complexity index is 1640. The molecule has 224 valence electrons. The van der Waals surface area contributed by atoms with Crippen LogP contribution in [0.4, 0.5) is 5.69 Å². The molecule has 0 aliphatic carbocycles. The van der Waals surface area contributed by atoms with Crippen LogP contribution in [-0.2, 0) is 32.6 Å². The van der Waals surface area contributed by atoms with Gasteiger partial charge in [0.15, 0.2) is 0 Å². The van der Waals surface area contributed by atoms with Crippen molar-refractivity contribution in [2.24, 2.45) is 0 Å². The first kappa shape index (κ1) is 32.0. The fraction of sp³-hybridized carbons (Fsp3) is 0.235. The molecule has 2 amide bonds. The lowest BCUT2D eigenvalue weighted by Crippen LogP contribution is -2.53. The lowest BCUT2D eigenvalue weighted by molar-refractivity contribution is -0.140. The van der Waals surface area contributed by atoms with Gasteiger partial charge in [0.1, 0.15) is 12.6 Å². The molecule has 0 radical (unpaired) electrons. The van der Waals surface area contributed by atoms with Gasteiger partial charge in [-0.3, -0.25) is 13.9 Å². The first-order valence-electron chi connectivity index (χ1n) is 14.1. The molecule has 0 aliphatic heterocycles. The zero-order valence-corrected chi connectivity index (χ0v) is 26.9. The SMILES string of the molecule is CCNC(=O)[C@H](Cc1ccccc1)N(Cc1ccc(Br)cc1)C(=O)CN(c1cccc(C)c1)S(=O)(=O)c1ccc(C)cc1. The number of halogens is 1. The Balaban J connectivity index is 1.79. The molecule has 0 heterocycles. The van der Waals surface area contributed by atoms with Crippen LogP contribution >= 0.6 is 15.9 Å². The minimum atomic E-state index is -4.13. The summed E-state index contributed by atoms with van der Waals surface area (Å²) in [6, 6.07) is 29.7. The predicted molar refractivity (Wildman–Crippen MR) is 174 cm³/mol. The monoisotopic (exact) mass is 661 g/mol. The van der Waals surface area contributed by atoms with Crippen molar-refractivity contribution >= 4 is 43.5 Å². The minimum absolute atomic E-state index is 0.0800. The van der Waals surface area contributed by atoms with E-state index < -0.39 is 28.5 Å². The normalized spacial score (nSPS) is 11.9. The van der Waals surface area contributed by atoms with Gasteiger partial charge in [-0.1, -0.05) is 88.2 Å². The summed E-state index contributed by atoms with van der Waals surface area (Å²) in [5.41, 5.74) is 3.83. The summed E-state index contributed by atoms with van der Waals surface area (Å²) in [6.45, 7) is 5.60. The highest BCUT2D eigenvalue weighted by Crippen LogP contribution is 2.26. The van der Waals surface area contributed by atoms with Crippen LogP contribution < -0.4 is 9.62 Å². The molecule has 4 aromatic rings. The number of nitrogens with one attached hydrogen (secondary N) is 1. The first-order valence-corrected chi connectivity index (χ1v) is 16.3. The predicted octanol–water partition coefficient (Wildman–Crippen LogP) is 6.04. The van der Waals surface area contributed by atoms with E-state index in [1.807, 2.05) is 81.4 Å². The molecule has 4 rings (SSSR count). The van der Waals surface area contributed by atoms with Gasteiger partial charge in [0.25, 0.3) is 10.0 Å². The Hall–Kier alpha value is -3.95. The zero-order chi connectivity index (χ0) is 31.0. The molecule has 1 N–H and O–H groups in total. The number of benzene rings is 4. The number of aryl methyl sites for hydroxylation is 2. The van der Waals surface area contributed by atoms with Gasteiger partial charge in [0.05, 0.1) is 10.6 Å². The minimum Gasteiger partial charge on any atom is -0.355 e. The van der Waals surface area contributed by atoms with Gasteiger partial charge in [-0.15, -0.1) is 0 Å². The van der Waals surface area contributed by atoms with Crippen molar-refractivity contribution in [1.29, 1.82) is 0 Å². The largest absolute Gasteiger partial charge is 0.355 e. The quantitative estimate of drug-likeness (QED) is 0.201. The molecule has 9 heteroatoms. The van der Waals surface area contributed by atoms with Crippen LogP contribution in [0.3, 0.4) is 0 Å². The fourth-order valence-electron chi connectivity index (χ4n) is 4.78. The molecule has 0 saturated heterocycles. The highest BCUT2D eigenvalue weighted by Gasteiger charge is 2.34. The number of carbonyl (C=O) groups excluding carboxylic acids is 2. The molecule has 0 spiro atoms. The first-order chi connectivity index (χ1) is 20.6. The van der Waals surface area contributed by atoms with E-state index in [0.717, 1.165) is 31.0 Å². The average molecular weight is 663 g/mol. The van der Waals surface area contributed by atoms with E-state index >= 15 is 0 Å². The Kier molecular flexibility index (Phi) is 10.8. The third kappa shape index (κ3) is 8.33. The number of likely N-dealkylation sites (N-methyl/N-ethyl adjacent to an activating group) is 1. The number of sulfonamides is 1. The van der Waals surface area contributed by atoms with E-state index in [2.05, 4.69) is 21.2 Å². The van der Waals surface area contributed by atoms with Crippen LogP contribution in [0.25, 0.3) is 0 Å². The lowest BCUT2D eigenvalue weighted by atomic mass is 10.0. The molecule has 1 atom stereocenters. The molecule has 4 aromatic carbocycles. The van der Waals surface area contributed by atoms with E-state index in [1.54, 1.807) is 42.5 Å². The van der Waals surface area contributed by atoms with Crippen molar-refractivity contribution in [3.05, 3.63) is 130 Å². The lowest BCUT2D eigenvalue weighted by Gasteiger charge is -2.34. The molecule has 0 aromatic heterocycles. The van der Waals surface area contributed by atoms with Gasteiger partial charge in [-0.05, 0) is 73.9 Å². The maximum atomic E-state index is 14.4. The summed E-state index contributed by atoms with van der Waals surface area (Å²) < 4.78 is 30.2. The van der Waals surface area contributed by atoms with Crippen LogP contribution in [0.1, 0.15) is 29.2 Å². The molecular weight excluding hydrogens is 626 g/mol. The molecule has 0 saturated carbocycles. The van der Waals surface area contributed by atoms with Crippen molar-refractivity contribution in [3.63, 3.8) is 0 Å². The van der Waals surface area contributed by atoms with E-state index in [4.69, 9.17) is 0 Å². The van der Waals surface area contributed by atoms with Gasteiger partial charge in [0, 0.05) is 24.0 Å². The van der Waals surface area contributed by atoms with Crippen molar-refractivity contribution in [3.8, 4) is 0 Å². The van der Waals surface area contributed by atoms with E-state index in [0.29, 0.717) is 12.2 Å². The summed E-state index contributed by atoms with van der Waals surface area (Å²) in [6.07, 6.45) is 0.268. The summed E-state index contributed by atoms with van der Waals surface area (Å²) in [5, 5.41) is 2.88. The van der Waals surface area contributed by atoms with Gasteiger partial charge >= 0.3 is 0 Å².